The smallest absolute Gasteiger partial charge is 0.140 e. The summed E-state index contributed by atoms with van der Waals surface area (Å²) in [6.07, 6.45) is 3.83. The van der Waals surface area contributed by atoms with E-state index >= 15 is 0 Å². The molecule has 142 valence electrons. The molecule has 0 fully saturated rings. The summed E-state index contributed by atoms with van der Waals surface area (Å²) in [6.45, 7) is 2.02. The molecule has 0 aliphatic carbocycles. The van der Waals surface area contributed by atoms with Gasteiger partial charge in [-0.3, -0.25) is 4.40 Å². The van der Waals surface area contributed by atoms with Gasteiger partial charge in [-0.25, -0.2) is 4.98 Å². The molecule has 0 N–H and O–H groups in total. The molecular weight excluding hydrogens is 382 g/mol. The summed E-state index contributed by atoms with van der Waals surface area (Å²) >= 11 is 6.07. The quantitative estimate of drug-likeness (QED) is 0.393. The summed E-state index contributed by atoms with van der Waals surface area (Å²) in [5.74, 6) is 0.704. The average Bonchev–Trinajstić information content (AvgIpc) is 3.12. The number of ether oxygens (including phenoxy) is 1. The van der Waals surface area contributed by atoms with E-state index in [2.05, 4.69) is 6.07 Å². The average molecular weight is 400 g/mol. The molecule has 0 atom stereocenters. The number of rotatable bonds is 4. The first kappa shape index (κ1) is 18.8. The van der Waals surface area contributed by atoms with Crippen molar-refractivity contribution >= 4 is 28.9 Å². The fourth-order valence-corrected chi connectivity index (χ4v) is 3.41. The summed E-state index contributed by atoms with van der Waals surface area (Å²) in [4.78, 5) is 4.87. The number of methoxy groups -OCH3 is 1. The third kappa shape index (κ3) is 3.61. The van der Waals surface area contributed by atoms with Crippen molar-refractivity contribution in [3.8, 4) is 23.1 Å². The fourth-order valence-electron chi connectivity index (χ4n) is 3.29. The third-order valence-electron chi connectivity index (χ3n) is 4.78. The maximum Gasteiger partial charge on any atom is 0.140 e. The minimum absolute atomic E-state index is 0.530. The molecule has 29 heavy (non-hydrogen) atoms. The van der Waals surface area contributed by atoms with Gasteiger partial charge in [-0.1, -0.05) is 41.9 Å². The van der Waals surface area contributed by atoms with Crippen LogP contribution in [0.3, 0.4) is 0 Å². The van der Waals surface area contributed by atoms with Crippen LogP contribution in [0.15, 0.2) is 66.9 Å². The number of nitrogens with zero attached hydrogens (tertiary/aromatic N) is 3. The van der Waals surface area contributed by atoms with Gasteiger partial charge in [0.1, 0.15) is 11.4 Å². The number of hydrogen-bond acceptors (Lipinski definition) is 3. The van der Waals surface area contributed by atoms with Crippen molar-refractivity contribution in [2.75, 3.05) is 7.11 Å². The Bertz CT molecular complexity index is 1260. The lowest BCUT2D eigenvalue weighted by atomic mass is 10.0. The number of aromatic nitrogens is 2. The van der Waals surface area contributed by atoms with Crippen LogP contribution < -0.4 is 4.74 Å². The number of benzene rings is 2. The van der Waals surface area contributed by atoms with Crippen LogP contribution in [0.4, 0.5) is 0 Å². The lowest BCUT2D eigenvalue weighted by Gasteiger charge is -2.05. The third-order valence-corrected chi connectivity index (χ3v) is 5.03. The molecule has 0 aliphatic heterocycles. The predicted molar refractivity (Wildman–Crippen MR) is 117 cm³/mol. The molecule has 0 unspecified atom stereocenters. The minimum Gasteiger partial charge on any atom is -0.497 e. The number of aryl methyl sites for hydroxylation is 1. The van der Waals surface area contributed by atoms with Crippen LogP contribution in [-0.2, 0) is 0 Å². The highest BCUT2D eigenvalue weighted by Crippen LogP contribution is 2.30. The molecule has 2 heterocycles. The van der Waals surface area contributed by atoms with Crippen LogP contribution >= 0.6 is 11.6 Å². The van der Waals surface area contributed by atoms with Crippen molar-refractivity contribution in [3.63, 3.8) is 0 Å². The lowest BCUT2D eigenvalue weighted by molar-refractivity contribution is 0.414. The molecule has 5 heteroatoms. The Morgan fingerprint density at radius 2 is 1.93 bits per heavy atom. The first-order chi connectivity index (χ1) is 14.1. The number of halogens is 1. The molecule has 0 bridgehead atoms. The first-order valence-corrected chi connectivity index (χ1v) is 9.48. The van der Waals surface area contributed by atoms with Crippen LogP contribution in [-0.4, -0.2) is 16.5 Å². The number of imidazole rings is 1. The molecule has 4 rings (SSSR count). The van der Waals surface area contributed by atoms with Crippen LogP contribution in [0, 0.1) is 18.3 Å². The number of nitriles is 1. The molecule has 0 aliphatic rings. The first-order valence-electron chi connectivity index (χ1n) is 9.10. The van der Waals surface area contributed by atoms with Crippen LogP contribution in [0.1, 0.15) is 16.8 Å². The number of pyridine rings is 1. The highest BCUT2D eigenvalue weighted by Gasteiger charge is 2.15. The zero-order valence-corrected chi connectivity index (χ0v) is 16.8. The highest BCUT2D eigenvalue weighted by atomic mass is 35.5. The molecule has 0 amide bonds. The SMILES string of the molecule is COc1cccc(/C(C#N)=C/c2c(-c3ccc(Cl)cc3)nc3c(C)cccn23)c1. The second-order valence-corrected chi connectivity index (χ2v) is 7.08. The van der Waals surface area contributed by atoms with Crippen LogP contribution in [0.2, 0.25) is 5.02 Å². The van der Waals surface area contributed by atoms with E-state index < -0.39 is 0 Å². The van der Waals surface area contributed by atoms with Crippen molar-refractivity contribution in [1.29, 1.82) is 5.26 Å². The van der Waals surface area contributed by atoms with Crippen LogP contribution in [0.25, 0.3) is 28.6 Å². The van der Waals surface area contributed by atoms with E-state index in [9.17, 15) is 5.26 Å². The summed E-state index contributed by atoms with van der Waals surface area (Å²) in [7, 11) is 1.61. The van der Waals surface area contributed by atoms with Crippen molar-refractivity contribution in [2.45, 2.75) is 6.92 Å². The van der Waals surface area contributed by atoms with Crippen molar-refractivity contribution in [1.82, 2.24) is 9.38 Å². The Morgan fingerprint density at radius 1 is 1.14 bits per heavy atom. The van der Waals surface area contributed by atoms with Gasteiger partial charge in [0.15, 0.2) is 0 Å². The van der Waals surface area contributed by atoms with Crippen molar-refractivity contribution in [2.24, 2.45) is 0 Å². The van der Waals surface area contributed by atoms with Gasteiger partial charge < -0.3 is 4.74 Å². The van der Waals surface area contributed by atoms with Gasteiger partial charge in [0.05, 0.1) is 30.1 Å². The Hall–Kier alpha value is -3.55. The Morgan fingerprint density at radius 3 is 2.66 bits per heavy atom. The van der Waals surface area contributed by atoms with E-state index in [1.807, 2.05) is 84.3 Å². The molecule has 0 saturated carbocycles. The molecule has 2 aromatic carbocycles. The van der Waals surface area contributed by atoms with Gasteiger partial charge in [0.2, 0.25) is 0 Å². The Kier molecular flexibility index (Phi) is 5.07. The second-order valence-electron chi connectivity index (χ2n) is 6.64. The molecule has 2 aromatic heterocycles. The van der Waals surface area contributed by atoms with E-state index in [4.69, 9.17) is 21.3 Å². The topological polar surface area (TPSA) is 50.3 Å². The lowest BCUT2D eigenvalue weighted by Crippen LogP contribution is -1.92. The van der Waals surface area contributed by atoms with Crippen molar-refractivity contribution < 1.29 is 4.74 Å². The summed E-state index contributed by atoms with van der Waals surface area (Å²) in [5, 5.41) is 10.5. The molecule has 0 spiro atoms. The summed E-state index contributed by atoms with van der Waals surface area (Å²) in [5.41, 5.74) is 5.80. The van der Waals surface area contributed by atoms with E-state index in [0.717, 1.165) is 33.7 Å². The molecular formula is C24H18ClN3O. The maximum absolute atomic E-state index is 9.86. The standard InChI is InChI=1S/C24H18ClN3O/c1-16-5-4-12-28-22(14-19(15-26)18-6-3-7-21(13-18)29-2)23(27-24(16)28)17-8-10-20(25)11-9-17/h3-14H,1-2H3/b19-14+. The van der Waals surface area contributed by atoms with Gasteiger partial charge in [-0.15, -0.1) is 0 Å². The van der Waals surface area contributed by atoms with Gasteiger partial charge in [-0.2, -0.15) is 5.26 Å². The van der Waals surface area contributed by atoms with Gasteiger partial charge in [-0.05, 0) is 54.5 Å². The highest BCUT2D eigenvalue weighted by molar-refractivity contribution is 6.30. The molecule has 0 radical (unpaired) electrons. The van der Waals surface area contributed by atoms with Gasteiger partial charge >= 0.3 is 0 Å². The summed E-state index contributed by atoms with van der Waals surface area (Å²) in [6, 6.07) is 21.4. The Labute approximate surface area is 174 Å². The summed E-state index contributed by atoms with van der Waals surface area (Å²) < 4.78 is 7.32. The largest absolute Gasteiger partial charge is 0.497 e. The zero-order chi connectivity index (χ0) is 20.4. The van der Waals surface area contributed by atoms with Crippen molar-refractivity contribution in [3.05, 3.63) is 88.7 Å². The maximum atomic E-state index is 9.86. The normalized spacial score (nSPS) is 11.4. The molecule has 0 saturated heterocycles. The minimum atomic E-state index is 0.530. The molecule has 4 nitrogen and oxygen atoms in total. The second kappa shape index (κ2) is 7.83. The Balaban J connectivity index is 1.97. The predicted octanol–water partition coefficient (Wildman–Crippen LogP) is 6.04. The zero-order valence-electron chi connectivity index (χ0n) is 16.1. The van der Waals surface area contributed by atoms with E-state index in [1.54, 1.807) is 7.11 Å². The van der Waals surface area contributed by atoms with E-state index in [-0.39, 0.29) is 0 Å². The van der Waals surface area contributed by atoms with Gasteiger partial charge in [0.25, 0.3) is 0 Å². The monoisotopic (exact) mass is 399 g/mol. The number of hydrogen-bond donors (Lipinski definition) is 0. The molecule has 4 aromatic rings. The van der Waals surface area contributed by atoms with Gasteiger partial charge in [0, 0.05) is 16.8 Å². The number of fused-ring (bicyclic) bond motifs is 1. The van der Waals surface area contributed by atoms with E-state index in [1.165, 1.54) is 0 Å². The fraction of sp³-hybridized carbons (Fsp3) is 0.0833. The van der Waals surface area contributed by atoms with Crippen LogP contribution in [0.5, 0.6) is 5.75 Å². The van der Waals surface area contributed by atoms with E-state index in [0.29, 0.717) is 16.3 Å². The number of allylic oxidation sites excluding steroid dienone is 1.